The van der Waals surface area contributed by atoms with Gasteiger partial charge < -0.3 is 15.0 Å². The summed E-state index contributed by atoms with van der Waals surface area (Å²) in [6.07, 6.45) is 1.20. The van der Waals surface area contributed by atoms with Crippen molar-refractivity contribution >= 4 is 17.6 Å². The first-order valence-corrected chi connectivity index (χ1v) is 9.02. The Morgan fingerprint density at radius 1 is 1.29 bits per heavy atom. The van der Waals surface area contributed by atoms with Crippen LogP contribution in [0.15, 0.2) is 29.1 Å². The van der Waals surface area contributed by atoms with Crippen LogP contribution in [-0.4, -0.2) is 23.5 Å². The zero-order valence-corrected chi connectivity index (χ0v) is 16.2. The molecule has 0 spiro atoms. The van der Waals surface area contributed by atoms with Crippen LogP contribution in [0.1, 0.15) is 41.3 Å². The van der Waals surface area contributed by atoms with Gasteiger partial charge in [-0.25, -0.2) is 0 Å². The molecule has 0 saturated carbocycles. The summed E-state index contributed by atoms with van der Waals surface area (Å²) in [7, 11) is 0. The zero-order valence-electron chi connectivity index (χ0n) is 16.2. The highest BCUT2D eigenvalue weighted by molar-refractivity contribution is 5.92. The third kappa shape index (κ3) is 5.30. The minimum absolute atomic E-state index is 0.0389. The molecule has 146 valence electrons. The normalized spacial score (nSPS) is 10.2. The summed E-state index contributed by atoms with van der Waals surface area (Å²) in [5, 5.41) is 11.8. The summed E-state index contributed by atoms with van der Waals surface area (Å²) >= 11 is 0. The second-order valence-electron chi connectivity index (χ2n) is 6.43. The number of aryl methyl sites for hydroxylation is 2. The number of H-pyrrole nitrogens is 1. The van der Waals surface area contributed by atoms with Crippen molar-refractivity contribution in [3.8, 4) is 6.07 Å². The maximum atomic E-state index is 12.0. The molecule has 0 saturated heterocycles. The Hall–Kier alpha value is -3.40. The minimum Gasteiger partial charge on any atom is -0.456 e. The van der Waals surface area contributed by atoms with Crippen LogP contribution in [0.2, 0.25) is 0 Å². The van der Waals surface area contributed by atoms with Crippen LogP contribution >= 0.6 is 0 Å². The summed E-state index contributed by atoms with van der Waals surface area (Å²) in [4.78, 5) is 38.3. The number of benzene rings is 1. The lowest BCUT2D eigenvalue weighted by molar-refractivity contribution is -0.147. The van der Waals surface area contributed by atoms with E-state index in [0.29, 0.717) is 23.4 Å². The fourth-order valence-corrected chi connectivity index (χ4v) is 2.93. The predicted molar refractivity (Wildman–Crippen MR) is 105 cm³/mol. The number of pyridine rings is 1. The van der Waals surface area contributed by atoms with Gasteiger partial charge in [0.15, 0.2) is 6.61 Å². The Labute approximate surface area is 163 Å². The van der Waals surface area contributed by atoms with Crippen LogP contribution in [0.25, 0.3) is 0 Å². The molecule has 0 aliphatic rings. The summed E-state index contributed by atoms with van der Waals surface area (Å²) in [6.45, 7) is 5.05. The highest BCUT2D eigenvalue weighted by Crippen LogP contribution is 2.15. The Bertz CT molecular complexity index is 986. The van der Waals surface area contributed by atoms with Crippen LogP contribution in [0.3, 0.4) is 0 Å². The van der Waals surface area contributed by atoms with E-state index in [2.05, 4.69) is 10.3 Å². The summed E-state index contributed by atoms with van der Waals surface area (Å²) < 4.78 is 5.03. The number of amides is 1. The maximum Gasteiger partial charge on any atom is 0.306 e. The number of anilines is 1. The molecule has 1 amide bonds. The SMILES string of the molecule is CCc1cccc(NC(=O)COC(=O)CCc2c(C)[nH]c(=O)c(C#N)c2C)c1. The van der Waals surface area contributed by atoms with Crippen molar-refractivity contribution in [3.63, 3.8) is 0 Å². The van der Waals surface area contributed by atoms with E-state index in [4.69, 9.17) is 10.00 Å². The van der Waals surface area contributed by atoms with E-state index in [9.17, 15) is 14.4 Å². The number of carbonyl (C=O) groups excluding carboxylic acids is 2. The van der Waals surface area contributed by atoms with Gasteiger partial charge in [-0.2, -0.15) is 5.26 Å². The predicted octanol–water partition coefficient (Wildman–Crippen LogP) is 2.54. The van der Waals surface area contributed by atoms with Crippen molar-refractivity contribution in [3.05, 3.63) is 62.6 Å². The molecule has 0 radical (unpaired) electrons. The molecule has 0 fully saturated rings. The number of ether oxygens (including phenoxy) is 1. The molecule has 0 atom stereocenters. The number of hydrogen-bond acceptors (Lipinski definition) is 5. The van der Waals surface area contributed by atoms with Crippen LogP contribution in [0, 0.1) is 25.2 Å². The van der Waals surface area contributed by atoms with Gasteiger partial charge in [0.05, 0.1) is 0 Å². The molecule has 0 aliphatic heterocycles. The van der Waals surface area contributed by atoms with E-state index in [1.165, 1.54) is 0 Å². The standard InChI is InChI=1S/C21H23N3O4/c1-4-15-6-5-7-16(10-15)24-19(25)12-28-20(26)9-8-17-13(2)18(11-22)21(27)23-14(17)3/h5-7,10H,4,8-9,12H2,1-3H3,(H,23,27)(H,24,25). The molecule has 1 aromatic heterocycles. The zero-order chi connectivity index (χ0) is 20.7. The maximum absolute atomic E-state index is 12.0. The van der Waals surface area contributed by atoms with E-state index >= 15 is 0 Å². The van der Waals surface area contributed by atoms with Crippen molar-refractivity contribution in [2.45, 2.75) is 40.0 Å². The molecule has 0 bridgehead atoms. The smallest absolute Gasteiger partial charge is 0.306 e. The summed E-state index contributed by atoms with van der Waals surface area (Å²) in [5.74, 6) is -0.939. The number of hydrogen-bond donors (Lipinski definition) is 2. The largest absolute Gasteiger partial charge is 0.456 e. The Morgan fingerprint density at radius 3 is 2.71 bits per heavy atom. The van der Waals surface area contributed by atoms with Crippen molar-refractivity contribution in [2.24, 2.45) is 0 Å². The average Bonchev–Trinajstić information content (AvgIpc) is 2.66. The quantitative estimate of drug-likeness (QED) is 0.716. The highest BCUT2D eigenvalue weighted by Gasteiger charge is 2.14. The number of nitrogens with zero attached hydrogens (tertiary/aromatic N) is 1. The molecular weight excluding hydrogens is 358 g/mol. The number of esters is 1. The summed E-state index contributed by atoms with van der Waals surface area (Å²) in [6, 6.07) is 9.34. The van der Waals surface area contributed by atoms with Crippen molar-refractivity contribution < 1.29 is 14.3 Å². The van der Waals surface area contributed by atoms with Crippen molar-refractivity contribution in [1.82, 2.24) is 4.98 Å². The highest BCUT2D eigenvalue weighted by atomic mass is 16.5. The molecular formula is C21H23N3O4. The van der Waals surface area contributed by atoms with Gasteiger partial charge in [-0.1, -0.05) is 19.1 Å². The van der Waals surface area contributed by atoms with Gasteiger partial charge in [0.2, 0.25) is 0 Å². The number of nitrogens with one attached hydrogen (secondary N) is 2. The first-order chi connectivity index (χ1) is 13.3. The molecule has 2 rings (SSSR count). The molecule has 1 heterocycles. The van der Waals surface area contributed by atoms with E-state index in [1.54, 1.807) is 19.9 Å². The second-order valence-corrected chi connectivity index (χ2v) is 6.43. The van der Waals surface area contributed by atoms with Crippen LogP contribution in [0.5, 0.6) is 0 Å². The third-order valence-electron chi connectivity index (χ3n) is 4.48. The van der Waals surface area contributed by atoms with Gasteiger partial charge in [-0.15, -0.1) is 0 Å². The monoisotopic (exact) mass is 381 g/mol. The number of nitriles is 1. The molecule has 28 heavy (non-hydrogen) atoms. The lowest BCUT2D eigenvalue weighted by atomic mass is 9.99. The first-order valence-electron chi connectivity index (χ1n) is 9.02. The van der Waals surface area contributed by atoms with Gasteiger partial charge in [0, 0.05) is 17.8 Å². The minimum atomic E-state index is -0.527. The van der Waals surface area contributed by atoms with Crippen LogP contribution in [0.4, 0.5) is 5.69 Å². The topological polar surface area (TPSA) is 112 Å². The molecule has 7 heteroatoms. The molecule has 2 N–H and O–H groups in total. The van der Waals surface area contributed by atoms with Gasteiger partial charge in [-0.05, 0) is 55.5 Å². The van der Waals surface area contributed by atoms with Crippen molar-refractivity contribution in [1.29, 1.82) is 5.26 Å². The van der Waals surface area contributed by atoms with E-state index in [1.807, 2.05) is 31.2 Å². The fraction of sp³-hybridized carbons (Fsp3) is 0.333. The molecule has 7 nitrogen and oxygen atoms in total. The lowest BCUT2D eigenvalue weighted by Crippen LogP contribution is -2.21. The van der Waals surface area contributed by atoms with Crippen LogP contribution < -0.4 is 10.9 Å². The van der Waals surface area contributed by atoms with E-state index < -0.39 is 17.4 Å². The fourth-order valence-electron chi connectivity index (χ4n) is 2.93. The number of rotatable bonds is 7. The van der Waals surface area contributed by atoms with Gasteiger partial charge in [0.1, 0.15) is 11.6 Å². The molecule has 0 unspecified atom stereocenters. The Morgan fingerprint density at radius 2 is 2.04 bits per heavy atom. The third-order valence-corrected chi connectivity index (χ3v) is 4.48. The molecule has 0 aliphatic carbocycles. The summed E-state index contributed by atoms with van der Waals surface area (Å²) in [5.41, 5.74) is 3.26. The average molecular weight is 381 g/mol. The lowest BCUT2D eigenvalue weighted by Gasteiger charge is -2.11. The van der Waals surface area contributed by atoms with E-state index in [-0.39, 0.29) is 18.6 Å². The van der Waals surface area contributed by atoms with E-state index in [0.717, 1.165) is 17.5 Å². The molecule has 1 aromatic carbocycles. The van der Waals surface area contributed by atoms with Gasteiger partial charge in [0.25, 0.3) is 11.5 Å². The van der Waals surface area contributed by atoms with Crippen LogP contribution in [-0.2, 0) is 27.2 Å². The van der Waals surface area contributed by atoms with Gasteiger partial charge >= 0.3 is 5.97 Å². The first kappa shape index (κ1) is 20.9. The van der Waals surface area contributed by atoms with Gasteiger partial charge in [-0.3, -0.25) is 14.4 Å². The number of aromatic amines is 1. The van der Waals surface area contributed by atoms with Crippen molar-refractivity contribution in [2.75, 3.05) is 11.9 Å². The molecule has 2 aromatic rings. The number of aromatic nitrogens is 1. The second kappa shape index (κ2) is 9.51. The Balaban J connectivity index is 1.89. The number of carbonyl (C=O) groups is 2. The Kier molecular flexibility index (Phi) is 7.10.